The first-order valence-corrected chi connectivity index (χ1v) is 8.34. The van der Waals surface area contributed by atoms with Gasteiger partial charge in [0, 0.05) is 12.3 Å². The van der Waals surface area contributed by atoms with Crippen molar-refractivity contribution in [1.29, 1.82) is 0 Å². The summed E-state index contributed by atoms with van der Waals surface area (Å²) in [5.74, 6) is -2.72. The van der Waals surface area contributed by atoms with Gasteiger partial charge in [0.1, 0.15) is 5.82 Å². The smallest absolute Gasteiger partial charge is 0.355 e. The molecule has 0 spiro atoms. The monoisotopic (exact) mass is 359 g/mol. The molecular formula is C12H10FN3O5S2. The molecule has 0 saturated carbocycles. The van der Waals surface area contributed by atoms with Crippen molar-refractivity contribution in [3.05, 3.63) is 35.1 Å². The number of amides is 1. The van der Waals surface area contributed by atoms with E-state index in [1.54, 1.807) is 0 Å². The van der Waals surface area contributed by atoms with E-state index in [-0.39, 0.29) is 16.5 Å². The van der Waals surface area contributed by atoms with Gasteiger partial charge in [-0.3, -0.25) is 9.52 Å². The van der Waals surface area contributed by atoms with Crippen LogP contribution in [0.5, 0.6) is 0 Å². The molecule has 0 radical (unpaired) electrons. The van der Waals surface area contributed by atoms with E-state index in [0.717, 1.165) is 29.5 Å². The Morgan fingerprint density at radius 1 is 1.35 bits per heavy atom. The Kier molecular flexibility index (Phi) is 4.61. The molecule has 0 aliphatic rings. The first-order chi connectivity index (χ1) is 10.7. The quantitative estimate of drug-likeness (QED) is 0.747. The minimum absolute atomic E-state index is 0.154. The molecular weight excluding hydrogens is 349 g/mol. The molecule has 1 amide bonds. The molecule has 11 heteroatoms. The minimum atomic E-state index is -4.14. The van der Waals surface area contributed by atoms with E-state index in [9.17, 15) is 22.4 Å². The molecule has 0 aliphatic heterocycles. The van der Waals surface area contributed by atoms with Gasteiger partial charge in [0.05, 0.1) is 10.6 Å². The molecule has 0 saturated heterocycles. The lowest BCUT2D eigenvalue weighted by Gasteiger charge is -2.08. The van der Waals surface area contributed by atoms with Crippen LogP contribution in [0.2, 0.25) is 0 Å². The molecule has 0 fully saturated rings. The second kappa shape index (κ2) is 6.30. The Labute approximate surface area is 134 Å². The van der Waals surface area contributed by atoms with Gasteiger partial charge in [-0.2, -0.15) is 0 Å². The maximum atomic E-state index is 13.8. The lowest BCUT2D eigenvalue weighted by atomic mass is 10.3. The van der Waals surface area contributed by atoms with E-state index >= 15 is 0 Å². The van der Waals surface area contributed by atoms with Crippen molar-refractivity contribution in [3.8, 4) is 0 Å². The number of nitrogens with one attached hydrogen (secondary N) is 2. The van der Waals surface area contributed by atoms with E-state index in [1.807, 2.05) is 0 Å². The van der Waals surface area contributed by atoms with Crippen molar-refractivity contribution in [1.82, 2.24) is 4.98 Å². The minimum Gasteiger partial charge on any atom is -0.476 e. The molecule has 0 atom stereocenters. The summed E-state index contributed by atoms with van der Waals surface area (Å²) in [6.45, 7) is 1.19. The first-order valence-electron chi connectivity index (χ1n) is 5.98. The van der Waals surface area contributed by atoms with Crippen LogP contribution in [0.4, 0.5) is 15.2 Å². The molecule has 0 aliphatic carbocycles. The summed E-state index contributed by atoms with van der Waals surface area (Å²) in [7, 11) is -4.14. The van der Waals surface area contributed by atoms with Gasteiger partial charge in [-0.25, -0.2) is 22.6 Å². The number of thiazole rings is 1. The van der Waals surface area contributed by atoms with Crippen molar-refractivity contribution in [2.45, 2.75) is 11.8 Å². The number of carboxylic acids is 1. The fourth-order valence-electron chi connectivity index (χ4n) is 1.55. The summed E-state index contributed by atoms with van der Waals surface area (Å²) in [6.07, 6.45) is 0. The van der Waals surface area contributed by atoms with Gasteiger partial charge in [-0.15, -0.1) is 11.3 Å². The lowest BCUT2D eigenvalue weighted by molar-refractivity contribution is -0.114. The van der Waals surface area contributed by atoms with E-state index < -0.39 is 32.6 Å². The Hall–Kier alpha value is -2.53. The third-order valence-electron chi connectivity index (χ3n) is 2.51. The number of benzene rings is 1. The largest absolute Gasteiger partial charge is 0.476 e. The van der Waals surface area contributed by atoms with Crippen LogP contribution >= 0.6 is 11.3 Å². The Morgan fingerprint density at radius 2 is 2.04 bits per heavy atom. The van der Waals surface area contributed by atoms with Crippen LogP contribution in [0.25, 0.3) is 0 Å². The van der Waals surface area contributed by atoms with Gasteiger partial charge in [0.2, 0.25) is 5.91 Å². The highest BCUT2D eigenvalue weighted by Gasteiger charge is 2.19. The number of anilines is 2. The molecule has 122 valence electrons. The predicted octanol–water partition coefficient (Wildman–Crippen LogP) is 1.74. The number of rotatable bonds is 5. The van der Waals surface area contributed by atoms with Crippen molar-refractivity contribution in [2.75, 3.05) is 10.0 Å². The standard InChI is InChI=1S/C12H10FN3O5S2/c1-6(17)14-9-3-2-7(4-8(9)13)23(20,21)16-12-15-10(5-22-12)11(18)19/h2-5H,1H3,(H,14,17)(H,15,16)(H,18,19). The summed E-state index contributed by atoms with van der Waals surface area (Å²) >= 11 is 0.782. The molecule has 0 bridgehead atoms. The number of halogens is 1. The van der Waals surface area contributed by atoms with E-state index in [2.05, 4.69) is 15.0 Å². The Morgan fingerprint density at radius 3 is 2.57 bits per heavy atom. The van der Waals surface area contributed by atoms with Crippen LogP contribution in [-0.4, -0.2) is 30.4 Å². The average Bonchev–Trinajstić information content (AvgIpc) is 2.88. The predicted molar refractivity (Wildman–Crippen MR) is 80.6 cm³/mol. The van der Waals surface area contributed by atoms with Crippen LogP contribution < -0.4 is 10.0 Å². The number of aromatic nitrogens is 1. The summed E-state index contributed by atoms with van der Waals surface area (Å²) in [6, 6.07) is 2.94. The first kappa shape index (κ1) is 16.8. The highest BCUT2D eigenvalue weighted by atomic mass is 32.2. The number of carbonyl (C=O) groups is 2. The molecule has 2 aromatic rings. The number of aromatic carboxylic acids is 1. The molecule has 0 unspecified atom stereocenters. The number of hydrogen-bond acceptors (Lipinski definition) is 6. The van der Waals surface area contributed by atoms with E-state index in [1.165, 1.54) is 12.3 Å². The van der Waals surface area contributed by atoms with Crippen LogP contribution in [-0.2, 0) is 14.8 Å². The third-order valence-corrected chi connectivity index (χ3v) is 4.73. The number of carboxylic acid groups (broad SMARTS) is 1. The van der Waals surface area contributed by atoms with Crippen molar-refractivity contribution >= 4 is 44.1 Å². The number of nitrogens with zero attached hydrogens (tertiary/aromatic N) is 1. The number of carbonyl (C=O) groups excluding carboxylic acids is 1. The SMILES string of the molecule is CC(=O)Nc1ccc(S(=O)(=O)Nc2nc(C(=O)O)cs2)cc1F. The zero-order valence-corrected chi connectivity index (χ0v) is 13.2. The molecule has 1 aromatic heterocycles. The second-order valence-electron chi connectivity index (χ2n) is 4.27. The van der Waals surface area contributed by atoms with Gasteiger partial charge in [-0.1, -0.05) is 0 Å². The zero-order valence-electron chi connectivity index (χ0n) is 11.5. The van der Waals surface area contributed by atoms with Crippen molar-refractivity contribution in [3.63, 3.8) is 0 Å². The number of hydrogen-bond donors (Lipinski definition) is 3. The average molecular weight is 359 g/mol. The fraction of sp³-hybridized carbons (Fsp3) is 0.0833. The molecule has 1 aromatic carbocycles. The van der Waals surface area contributed by atoms with Gasteiger partial charge in [0.15, 0.2) is 10.8 Å². The van der Waals surface area contributed by atoms with Gasteiger partial charge in [0.25, 0.3) is 10.0 Å². The third kappa shape index (κ3) is 4.02. The summed E-state index contributed by atoms with van der Waals surface area (Å²) in [5, 5.41) is 12.0. The summed E-state index contributed by atoms with van der Waals surface area (Å²) in [4.78, 5) is 24.8. The van der Waals surface area contributed by atoms with Crippen LogP contribution in [0.1, 0.15) is 17.4 Å². The van der Waals surface area contributed by atoms with Crippen LogP contribution in [0.3, 0.4) is 0 Å². The van der Waals surface area contributed by atoms with Gasteiger partial charge >= 0.3 is 5.97 Å². The van der Waals surface area contributed by atoms with E-state index in [4.69, 9.17) is 5.11 Å². The van der Waals surface area contributed by atoms with Gasteiger partial charge < -0.3 is 10.4 Å². The fourth-order valence-corrected chi connectivity index (χ4v) is 3.50. The van der Waals surface area contributed by atoms with Crippen molar-refractivity contribution in [2.24, 2.45) is 0 Å². The summed E-state index contributed by atoms with van der Waals surface area (Å²) in [5.41, 5.74) is -0.459. The van der Waals surface area contributed by atoms with E-state index in [0.29, 0.717) is 0 Å². The maximum Gasteiger partial charge on any atom is 0.355 e. The lowest BCUT2D eigenvalue weighted by Crippen LogP contribution is -2.14. The normalized spacial score (nSPS) is 11.0. The molecule has 8 nitrogen and oxygen atoms in total. The maximum absolute atomic E-state index is 13.8. The molecule has 23 heavy (non-hydrogen) atoms. The highest BCUT2D eigenvalue weighted by molar-refractivity contribution is 7.93. The van der Waals surface area contributed by atoms with Crippen molar-refractivity contribution < 1.29 is 27.5 Å². The molecule has 1 heterocycles. The van der Waals surface area contributed by atoms with Crippen LogP contribution in [0.15, 0.2) is 28.5 Å². The Balaban J connectivity index is 2.26. The zero-order chi connectivity index (χ0) is 17.2. The highest BCUT2D eigenvalue weighted by Crippen LogP contribution is 2.23. The van der Waals surface area contributed by atoms with Crippen LogP contribution in [0, 0.1) is 5.82 Å². The number of sulfonamides is 1. The second-order valence-corrected chi connectivity index (χ2v) is 6.81. The van der Waals surface area contributed by atoms with Gasteiger partial charge in [-0.05, 0) is 18.2 Å². The summed E-state index contributed by atoms with van der Waals surface area (Å²) < 4.78 is 40.1. The molecule has 2 rings (SSSR count). The topological polar surface area (TPSA) is 125 Å². The molecule has 3 N–H and O–H groups in total. The Bertz CT molecular complexity index is 879.